The van der Waals surface area contributed by atoms with Gasteiger partial charge in [0.25, 0.3) is 0 Å². The van der Waals surface area contributed by atoms with Gasteiger partial charge in [-0.3, -0.25) is 0 Å². The van der Waals surface area contributed by atoms with Crippen LogP contribution in [0, 0.1) is 5.92 Å². The molecule has 0 aromatic rings. The molecule has 1 unspecified atom stereocenters. The van der Waals surface area contributed by atoms with Gasteiger partial charge >= 0.3 is 0 Å². The van der Waals surface area contributed by atoms with E-state index in [9.17, 15) is 0 Å². The Kier molecular flexibility index (Phi) is 5.42. The highest BCUT2D eigenvalue weighted by Crippen LogP contribution is 2.35. The van der Waals surface area contributed by atoms with Crippen LogP contribution >= 0.6 is 0 Å². The molecule has 0 aliphatic heterocycles. The van der Waals surface area contributed by atoms with E-state index in [1.807, 2.05) is 0 Å². The minimum atomic E-state index is 0.379. The van der Waals surface area contributed by atoms with Gasteiger partial charge < -0.3 is 0 Å². The van der Waals surface area contributed by atoms with Crippen LogP contribution in [0.2, 0.25) is 0 Å². The molecule has 1 atom stereocenters. The van der Waals surface area contributed by atoms with Crippen molar-refractivity contribution in [1.29, 1.82) is 0 Å². The first-order valence-electron chi connectivity index (χ1n) is 8.22. The summed E-state index contributed by atoms with van der Waals surface area (Å²) in [6.45, 7) is 0. The predicted molar refractivity (Wildman–Crippen MR) is 101 cm³/mol. The van der Waals surface area contributed by atoms with Crippen LogP contribution in [0.15, 0.2) is 120 Å². The summed E-state index contributed by atoms with van der Waals surface area (Å²) >= 11 is 0. The van der Waals surface area contributed by atoms with Crippen LogP contribution in [-0.4, -0.2) is 0 Å². The molecule has 3 aliphatic rings. The summed E-state index contributed by atoms with van der Waals surface area (Å²) in [5, 5.41) is 0. The lowest BCUT2D eigenvalue weighted by Gasteiger charge is -2.19. The summed E-state index contributed by atoms with van der Waals surface area (Å²) in [6, 6.07) is 0. The molecular weight excluding hydrogens is 276 g/mol. The van der Waals surface area contributed by atoms with Gasteiger partial charge in [-0.2, -0.15) is 0 Å². The van der Waals surface area contributed by atoms with Crippen LogP contribution in [0.5, 0.6) is 0 Å². The smallest absolute Gasteiger partial charge is 0.0240 e. The number of hydrogen-bond acceptors (Lipinski definition) is 0. The Balaban J connectivity index is 1.86. The number of hydrogen-bond donors (Lipinski definition) is 0. The van der Waals surface area contributed by atoms with Crippen LogP contribution in [0.1, 0.15) is 12.8 Å². The molecule has 0 aromatic carbocycles. The van der Waals surface area contributed by atoms with E-state index in [1.165, 1.54) is 16.7 Å². The highest BCUT2D eigenvalue weighted by atomic mass is 14.2. The second kappa shape index (κ2) is 8.14. The van der Waals surface area contributed by atoms with E-state index in [-0.39, 0.29) is 0 Å². The number of rotatable bonds is 2. The molecule has 0 radical (unpaired) electrons. The molecule has 0 saturated carbocycles. The molecule has 0 aromatic heterocycles. The Bertz CT molecular complexity index is 722. The Hall–Kier alpha value is -2.60. The maximum Gasteiger partial charge on any atom is 0.0240 e. The third kappa shape index (κ3) is 4.20. The fourth-order valence-corrected chi connectivity index (χ4v) is 2.98. The molecular formula is C23H22. The molecule has 0 heterocycles. The molecule has 0 amide bonds. The van der Waals surface area contributed by atoms with Crippen molar-refractivity contribution in [1.82, 2.24) is 0 Å². The van der Waals surface area contributed by atoms with E-state index in [2.05, 4.69) is 103 Å². The van der Waals surface area contributed by atoms with Crippen molar-refractivity contribution < 1.29 is 0 Å². The van der Waals surface area contributed by atoms with Crippen molar-refractivity contribution in [3.63, 3.8) is 0 Å². The average molecular weight is 298 g/mol. The quantitative estimate of drug-likeness (QED) is 0.578. The zero-order valence-corrected chi connectivity index (χ0v) is 13.3. The lowest BCUT2D eigenvalue weighted by atomic mass is 9.85. The first kappa shape index (κ1) is 15.3. The van der Waals surface area contributed by atoms with E-state index >= 15 is 0 Å². The first-order valence-corrected chi connectivity index (χ1v) is 8.22. The minimum Gasteiger partial charge on any atom is -0.0804 e. The lowest BCUT2D eigenvalue weighted by Crippen LogP contribution is -2.05. The van der Waals surface area contributed by atoms with Crippen molar-refractivity contribution >= 4 is 0 Å². The molecule has 3 rings (SSSR count). The van der Waals surface area contributed by atoms with Crippen LogP contribution < -0.4 is 0 Å². The summed E-state index contributed by atoms with van der Waals surface area (Å²) in [7, 11) is 0. The van der Waals surface area contributed by atoms with Gasteiger partial charge in [0, 0.05) is 5.92 Å². The minimum absolute atomic E-state index is 0.379. The molecule has 0 heteroatoms. The van der Waals surface area contributed by atoms with Crippen LogP contribution in [-0.2, 0) is 0 Å². The van der Waals surface area contributed by atoms with Gasteiger partial charge in [-0.05, 0) is 24.0 Å². The van der Waals surface area contributed by atoms with Crippen LogP contribution in [0.3, 0.4) is 0 Å². The van der Waals surface area contributed by atoms with Crippen LogP contribution in [0.4, 0.5) is 0 Å². The van der Waals surface area contributed by atoms with Gasteiger partial charge in [-0.1, -0.05) is 109 Å². The first-order chi connectivity index (χ1) is 11.4. The average Bonchev–Trinajstić information content (AvgIpc) is 3.11. The standard InChI is InChI=1S/C23H22/c1-2-6-10-15-20(14-9-5-1)22-18-13-19-23(22)21-16-11-7-3-4-8-12-17-21/h1-14,16,18-19,22H,15,17H2/b2-1-,4-3-,9-5-,10-6-,11-7-,12-8-,20-14+,21-16+. The summed E-state index contributed by atoms with van der Waals surface area (Å²) in [4.78, 5) is 0. The molecule has 23 heavy (non-hydrogen) atoms. The topological polar surface area (TPSA) is 0 Å². The molecule has 0 N–H and O–H groups in total. The third-order valence-corrected chi connectivity index (χ3v) is 4.14. The van der Waals surface area contributed by atoms with Crippen molar-refractivity contribution in [2.45, 2.75) is 12.8 Å². The van der Waals surface area contributed by atoms with Crippen LogP contribution in [0.25, 0.3) is 0 Å². The fourth-order valence-electron chi connectivity index (χ4n) is 2.98. The molecule has 0 bridgehead atoms. The van der Waals surface area contributed by atoms with Gasteiger partial charge in [0.05, 0.1) is 0 Å². The van der Waals surface area contributed by atoms with Crippen molar-refractivity contribution in [2.75, 3.05) is 0 Å². The van der Waals surface area contributed by atoms with E-state index in [0.717, 1.165) is 12.8 Å². The predicted octanol–water partition coefficient (Wildman–Crippen LogP) is 6.10. The Morgan fingerprint density at radius 1 is 0.565 bits per heavy atom. The Labute approximate surface area is 139 Å². The SMILES string of the molecule is C1=CC(/C2=C/C=C\C=C/C=C\C2)C(/C2=C/C=C\C=C/C=C\C2)=C1. The maximum atomic E-state index is 2.31. The second-order valence-electron chi connectivity index (χ2n) is 5.72. The fraction of sp³-hybridized carbons (Fsp3) is 0.130. The summed E-state index contributed by atoms with van der Waals surface area (Å²) in [5.74, 6) is 0.379. The maximum absolute atomic E-state index is 2.31. The monoisotopic (exact) mass is 298 g/mol. The van der Waals surface area contributed by atoms with Crippen molar-refractivity contribution in [3.05, 3.63) is 120 Å². The van der Waals surface area contributed by atoms with Crippen molar-refractivity contribution in [2.24, 2.45) is 5.92 Å². The van der Waals surface area contributed by atoms with E-state index in [1.54, 1.807) is 0 Å². The van der Waals surface area contributed by atoms with Gasteiger partial charge in [-0.15, -0.1) is 0 Å². The van der Waals surface area contributed by atoms with Crippen molar-refractivity contribution in [3.8, 4) is 0 Å². The third-order valence-electron chi connectivity index (χ3n) is 4.14. The second-order valence-corrected chi connectivity index (χ2v) is 5.72. The zero-order valence-electron chi connectivity index (χ0n) is 13.3. The summed E-state index contributed by atoms with van der Waals surface area (Å²) in [5.41, 5.74) is 4.25. The molecule has 3 aliphatic carbocycles. The largest absolute Gasteiger partial charge is 0.0804 e. The zero-order chi connectivity index (χ0) is 15.7. The molecule has 0 spiro atoms. The highest BCUT2D eigenvalue weighted by molar-refractivity contribution is 5.50. The summed E-state index contributed by atoms with van der Waals surface area (Å²) in [6.07, 6.45) is 38.7. The summed E-state index contributed by atoms with van der Waals surface area (Å²) < 4.78 is 0. The molecule has 0 nitrogen and oxygen atoms in total. The Morgan fingerprint density at radius 3 is 2.04 bits per heavy atom. The molecule has 0 fully saturated rings. The van der Waals surface area contributed by atoms with E-state index in [0.29, 0.717) is 5.92 Å². The van der Waals surface area contributed by atoms with E-state index in [4.69, 9.17) is 0 Å². The normalized spacial score (nSPS) is 36.2. The molecule has 0 saturated heterocycles. The van der Waals surface area contributed by atoms with Gasteiger partial charge in [-0.25, -0.2) is 0 Å². The van der Waals surface area contributed by atoms with Gasteiger partial charge in [0.15, 0.2) is 0 Å². The van der Waals surface area contributed by atoms with Gasteiger partial charge in [0.2, 0.25) is 0 Å². The number of allylic oxidation sites excluding steroid dienone is 20. The molecule has 114 valence electrons. The highest BCUT2D eigenvalue weighted by Gasteiger charge is 2.20. The lowest BCUT2D eigenvalue weighted by molar-refractivity contribution is 0.873. The van der Waals surface area contributed by atoms with E-state index < -0.39 is 0 Å². The van der Waals surface area contributed by atoms with Gasteiger partial charge in [0.1, 0.15) is 0 Å². The Morgan fingerprint density at radius 2 is 1.22 bits per heavy atom.